The topological polar surface area (TPSA) is 88.6 Å². The van der Waals surface area contributed by atoms with E-state index in [4.69, 9.17) is 4.74 Å². The number of nitrogens with one attached hydrogen (secondary N) is 2. The standard InChI is InChI=1S/C14H16N6O/c1-9(14-17-19-20-18-14)15-8-11-7-6-10-4-3-5-12(21-2)13(10)16-11/h3-7,9,15H,8H2,1-2H3,(H,17,18,19,20). The summed E-state index contributed by atoms with van der Waals surface area (Å²) in [5, 5.41) is 18.3. The zero-order valence-electron chi connectivity index (χ0n) is 11.9. The number of H-pyrrole nitrogens is 1. The van der Waals surface area contributed by atoms with Crippen molar-refractivity contribution in [3.8, 4) is 5.75 Å². The number of para-hydroxylation sites is 1. The summed E-state index contributed by atoms with van der Waals surface area (Å²) < 4.78 is 5.35. The molecule has 0 radical (unpaired) electrons. The Balaban J connectivity index is 1.78. The fourth-order valence-corrected chi connectivity index (χ4v) is 2.13. The zero-order chi connectivity index (χ0) is 14.7. The normalized spacial score (nSPS) is 12.5. The van der Waals surface area contributed by atoms with Gasteiger partial charge in [0.05, 0.1) is 18.8 Å². The van der Waals surface area contributed by atoms with Crippen LogP contribution < -0.4 is 10.1 Å². The second-order valence-electron chi connectivity index (χ2n) is 4.71. The number of hydrogen-bond acceptors (Lipinski definition) is 6. The number of methoxy groups -OCH3 is 1. The van der Waals surface area contributed by atoms with Crippen LogP contribution in [0.3, 0.4) is 0 Å². The molecule has 0 bridgehead atoms. The molecule has 0 aliphatic rings. The number of fused-ring (bicyclic) bond motifs is 1. The molecule has 0 spiro atoms. The van der Waals surface area contributed by atoms with Gasteiger partial charge in [-0.15, -0.1) is 10.2 Å². The molecule has 0 fully saturated rings. The van der Waals surface area contributed by atoms with Crippen molar-refractivity contribution in [3.63, 3.8) is 0 Å². The van der Waals surface area contributed by atoms with Crippen LogP contribution in [0.5, 0.6) is 5.75 Å². The fourth-order valence-electron chi connectivity index (χ4n) is 2.13. The summed E-state index contributed by atoms with van der Waals surface area (Å²) in [6.07, 6.45) is 0. The Hall–Kier alpha value is -2.54. The fraction of sp³-hybridized carbons (Fsp3) is 0.286. The summed E-state index contributed by atoms with van der Waals surface area (Å²) >= 11 is 0. The van der Waals surface area contributed by atoms with Gasteiger partial charge in [0.25, 0.3) is 0 Å². The SMILES string of the molecule is COc1cccc2ccc(CNC(C)c3nn[nH]n3)nc12. The monoisotopic (exact) mass is 284 g/mol. The number of ether oxygens (including phenoxy) is 1. The van der Waals surface area contributed by atoms with E-state index in [0.29, 0.717) is 12.4 Å². The molecule has 1 atom stereocenters. The lowest BCUT2D eigenvalue weighted by atomic mass is 10.2. The lowest BCUT2D eigenvalue weighted by molar-refractivity contribution is 0.418. The molecule has 0 saturated carbocycles. The van der Waals surface area contributed by atoms with Crippen LogP contribution >= 0.6 is 0 Å². The Kier molecular flexibility index (Phi) is 3.74. The van der Waals surface area contributed by atoms with Crippen LogP contribution in [-0.2, 0) is 6.54 Å². The van der Waals surface area contributed by atoms with Gasteiger partial charge in [-0.25, -0.2) is 4.98 Å². The third-order valence-electron chi connectivity index (χ3n) is 3.30. The van der Waals surface area contributed by atoms with Gasteiger partial charge < -0.3 is 10.1 Å². The third kappa shape index (κ3) is 2.82. The van der Waals surface area contributed by atoms with Crippen LogP contribution in [0.25, 0.3) is 10.9 Å². The molecule has 0 amide bonds. The van der Waals surface area contributed by atoms with E-state index < -0.39 is 0 Å². The highest BCUT2D eigenvalue weighted by molar-refractivity contribution is 5.84. The number of nitrogens with zero attached hydrogens (tertiary/aromatic N) is 4. The highest BCUT2D eigenvalue weighted by atomic mass is 16.5. The summed E-state index contributed by atoms with van der Waals surface area (Å²) in [5.74, 6) is 1.41. The summed E-state index contributed by atoms with van der Waals surface area (Å²) in [7, 11) is 1.65. The lowest BCUT2D eigenvalue weighted by Gasteiger charge is -2.10. The first-order chi connectivity index (χ1) is 10.3. The maximum absolute atomic E-state index is 5.35. The number of rotatable bonds is 5. The van der Waals surface area contributed by atoms with Crippen LogP contribution in [0, 0.1) is 0 Å². The average Bonchev–Trinajstić information content (AvgIpc) is 3.06. The van der Waals surface area contributed by atoms with Crippen molar-refractivity contribution < 1.29 is 4.74 Å². The highest BCUT2D eigenvalue weighted by Gasteiger charge is 2.10. The molecule has 3 rings (SSSR count). The molecule has 0 aliphatic heterocycles. The molecule has 1 aromatic carbocycles. The van der Waals surface area contributed by atoms with Gasteiger partial charge in [0.15, 0.2) is 5.82 Å². The molecular formula is C14H16N6O. The van der Waals surface area contributed by atoms with E-state index in [1.165, 1.54) is 0 Å². The van der Waals surface area contributed by atoms with Gasteiger partial charge >= 0.3 is 0 Å². The van der Waals surface area contributed by atoms with Crippen LogP contribution in [0.2, 0.25) is 0 Å². The minimum absolute atomic E-state index is 0.00100. The van der Waals surface area contributed by atoms with E-state index in [1.54, 1.807) is 7.11 Å². The minimum Gasteiger partial charge on any atom is -0.494 e. The second-order valence-corrected chi connectivity index (χ2v) is 4.71. The predicted octanol–water partition coefficient (Wildman–Crippen LogP) is 1.61. The summed E-state index contributed by atoms with van der Waals surface area (Å²) in [5.41, 5.74) is 1.80. The van der Waals surface area contributed by atoms with Crippen molar-refractivity contribution in [2.45, 2.75) is 19.5 Å². The van der Waals surface area contributed by atoms with E-state index in [9.17, 15) is 0 Å². The van der Waals surface area contributed by atoms with Crippen LogP contribution in [0.1, 0.15) is 24.5 Å². The van der Waals surface area contributed by atoms with Gasteiger partial charge in [0, 0.05) is 11.9 Å². The Bertz CT molecular complexity index is 727. The minimum atomic E-state index is -0.00100. The first kappa shape index (κ1) is 13.4. The molecule has 21 heavy (non-hydrogen) atoms. The molecule has 2 heterocycles. The number of aromatic amines is 1. The van der Waals surface area contributed by atoms with Crippen LogP contribution in [-0.4, -0.2) is 32.7 Å². The van der Waals surface area contributed by atoms with E-state index in [-0.39, 0.29) is 6.04 Å². The maximum Gasteiger partial charge on any atom is 0.191 e. The van der Waals surface area contributed by atoms with Crippen LogP contribution in [0.4, 0.5) is 0 Å². The quantitative estimate of drug-likeness (QED) is 0.740. The summed E-state index contributed by atoms with van der Waals surface area (Å²) in [6.45, 7) is 2.59. The molecule has 108 valence electrons. The van der Waals surface area contributed by atoms with E-state index in [1.807, 2.05) is 37.3 Å². The van der Waals surface area contributed by atoms with Gasteiger partial charge in [-0.3, -0.25) is 0 Å². The van der Waals surface area contributed by atoms with Gasteiger partial charge in [0.1, 0.15) is 11.3 Å². The Morgan fingerprint density at radius 2 is 2.19 bits per heavy atom. The highest BCUT2D eigenvalue weighted by Crippen LogP contribution is 2.23. The Morgan fingerprint density at radius 1 is 1.29 bits per heavy atom. The van der Waals surface area contributed by atoms with E-state index in [2.05, 4.69) is 30.9 Å². The Labute approximate surface area is 121 Å². The average molecular weight is 284 g/mol. The molecule has 2 aromatic heterocycles. The Morgan fingerprint density at radius 3 is 2.95 bits per heavy atom. The number of hydrogen-bond donors (Lipinski definition) is 2. The zero-order valence-corrected chi connectivity index (χ0v) is 11.9. The van der Waals surface area contributed by atoms with Gasteiger partial charge in [-0.2, -0.15) is 5.21 Å². The molecule has 1 unspecified atom stereocenters. The summed E-state index contributed by atoms with van der Waals surface area (Å²) in [4.78, 5) is 4.65. The van der Waals surface area contributed by atoms with E-state index >= 15 is 0 Å². The van der Waals surface area contributed by atoms with Crippen molar-refractivity contribution in [3.05, 3.63) is 41.9 Å². The number of benzene rings is 1. The van der Waals surface area contributed by atoms with Crippen molar-refractivity contribution in [1.82, 2.24) is 30.9 Å². The molecule has 7 nitrogen and oxygen atoms in total. The molecule has 3 aromatic rings. The molecule has 7 heteroatoms. The number of tetrazole rings is 1. The maximum atomic E-state index is 5.35. The van der Waals surface area contributed by atoms with Crippen molar-refractivity contribution in [2.24, 2.45) is 0 Å². The van der Waals surface area contributed by atoms with E-state index in [0.717, 1.165) is 22.3 Å². The van der Waals surface area contributed by atoms with Crippen LogP contribution in [0.15, 0.2) is 30.3 Å². The first-order valence-corrected chi connectivity index (χ1v) is 6.67. The van der Waals surface area contributed by atoms with Crippen molar-refractivity contribution in [2.75, 3.05) is 7.11 Å². The van der Waals surface area contributed by atoms with Gasteiger partial charge in [-0.05, 0) is 19.1 Å². The molecule has 0 aliphatic carbocycles. The molecule has 2 N–H and O–H groups in total. The summed E-state index contributed by atoms with van der Waals surface area (Å²) in [6, 6.07) is 9.93. The van der Waals surface area contributed by atoms with Crippen molar-refractivity contribution >= 4 is 10.9 Å². The first-order valence-electron chi connectivity index (χ1n) is 6.67. The number of aromatic nitrogens is 5. The predicted molar refractivity (Wildman–Crippen MR) is 77.7 cm³/mol. The van der Waals surface area contributed by atoms with Crippen molar-refractivity contribution in [1.29, 1.82) is 0 Å². The lowest BCUT2D eigenvalue weighted by Crippen LogP contribution is -2.20. The second kappa shape index (κ2) is 5.84. The third-order valence-corrected chi connectivity index (χ3v) is 3.30. The smallest absolute Gasteiger partial charge is 0.191 e. The molecule has 0 saturated heterocycles. The number of pyridine rings is 1. The molecular weight excluding hydrogens is 268 g/mol. The van der Waals surface area contributed by atoms with Gasteiger partial charge in [0.2, 0.25) is 0 Å². The van der Waals surface area contributed by atoms with Gasteiger partial charge in [-0.1, -0.05) is 23.4 Å². The largest absolute Gasteiger partial charge is 0.494 e.